The van der Waals surface area contributed by atoms with Crippen molar-refractivity contribution in [3.05, 3.63) is 54.0 Å². The van der Waals surface area contributed by atoms with Crippen molar-refractivity contribution in [1.29, 1.82) is 0 Å². The number of β-amino-alcohol motifs (C(OH)–C–C–N with tert-alkyl or cyclic N) is 1. The SMILES string of the molecule is C=CC(=O)N1CC[C@@H](N2CC(C#Cc3c(-c4ccc(Cl)cc4)c4c(N)ncnc4n3CCOC)C2)[C@@H](O)C1. The maximum Gasteiger partial charge on any atom is 0.246 e. The summed E-state index contributed by atoms with van der Waals surface area (Å²) in [5, 5.41) is 12.1. The zero-order chi connectivity index (χ0) is 26.8. The molecule has 0 bridgehead atoms. The molecule has 2 atom stereocenters. The molecule has 2 aliphatic rings. The molecule has 198 valence electrons. The van der Waals surface area contributed by atoms with Gasteiger partial charge in [-0.1, -0.05) is 36.2 Å². The second-order valence-corrected chi connectivity index (χ2v) is 10.1. The van der Waals surface area contributed by atoms with E-state index >= 15 is 0 Å². The minimum atomic E-state index is -0.587. The van der Waals surface area contributed by atoms with Crippen molar-refractivity contribution >= 4 is 34.4 Å². The second-order valence-electron chi connectivity index (χ2n) is 9.66. The number of methoxy groups -OCH3 is 1. The molecule has 2 aliphatic heterocycles. The van der Waals surface area contributed by atoms with Crippen molar-refractivity contribution in [2.45, 2.75) is 25.1 Å². The van der Waals surface area contributed by atoms with E-state index in [4.69, 9.17) is 22.1 Å². The Labute approximate surface area is 226 Å². The number of carbonyl (C=O) groups excluding carboxylic acids is 1. The van der Waals surface area contributed by atoms with Crippen LogP contribution in [0.3, 0.4) is 0 Å². The van der Waals surface area contributed by atoms with Crippen molar-refractivity contribution in [1.82, 2.24) is 24.3 Å². The van der Waals surface area contributed by atoms with Crippen LogP contribution in [-0.2, 0) is 16.1 Å². The summed E-state index contributed by atoms with van der Waals surface area (Å²) in [7, 11) is 1.66. The molecule has 10 heteroatoms. The largest absolute Gasteiger partial charge is 0.390 e. The van der Waals surface area contributed by atoms with E-state index in [1.54, 1.807) is 12.0 Å². The first-order valence-corrected chi connectivity index (χ1v) is 13.0. The number of aliphatic hydroxyl groups is 1. The van der Waals surface area contributed by atoms with Crippen molar-refractivity contribution in [3.8, 4) is 23.0 Å². The van der Waals surface area contributed by atoms with Crippen molar-refractivity contribution in [2.24, 2.45) is 5.92 Å². The Morgan fingerprint density at radius 2 is 2.05 bits per heavy atom. The van der Waals surface area contributed by atoms with Crippen LogP contribution in [0.5, 0.6) is 0 Å². The number of amides is 1. The van der Waals surface area contributed by atoms with Crippen molar-refractivity contribution in [3.63, 3.8) is 0 Å². The van der Waals surface area contributed by atoms with E-state index in [0.717, 1.165) is 41.7 Å². The molecule has 3 aromatic rings. The van der Waals surface area contributed by atoms with Gasteiger partial charge in [-0.3, -0.25) is 9.69 Å². The molecular weight excluding hydrogens is 504 g/mol. The fraction of sp³-hybridized carbons (Fsp3) is 0.393. The number of anilines is 1. The van der Waals surface area contributed by atoms with Gasteiger partial charge in [-0.25, -0.2) is 9.97 Å². The number of nitrogens with zero attached hydrogens (tertiary/aromatic N) is 5. The van der Waals surface area contributed by atoms with Crippen LogP contribution in [0.1, 0.15) is 12.1 Å². The summed E-state index contributed by atoms with van der Waals surface area (Å²) in [4.78, 5) is 24.6. The minimum Gasteiger partial charge on any atom is -0.390 e. The number of nitrogens with two attached hydrogens (primary N) is 1. The smallest absolute Gasteiger partial charge is 0.246 e. The van der Waals surface area contributed by atoms with Gasteiger partial charge in [0.25, 0.3) is 0 Å². The number of aromatic nitrogens is 3. The second kappa shape index (κ2) is 11.1. The number of benzene rings is 1. The minimum absolute atomic E-state index is 0.0229. The Morgan fingerprint density at radius 3 is 2.74 bits per heavy atom. The van der Waals surface area contributed by atoms with E-state index < -0.39 is 6.10 Å². The molecule has 4 heterocycles. The number of ether oxygens (including phenoxy) is 1. The average molecular weight is 535 g/mol. The summed E-state index contributed by atoms with van der Waals surface area (Å²) >= 11 is 6.16. The molecule has 1 aromatic carbocycles. The molecule has 3 N–H and O–H groups in total. The monoisotopic (exact) mass is 534 g/mol. The molecule has 38 heavy (non-hydrogen) atoms. The van der Waals surface area contributed by atoms with E-state index in [0.29, 0.717) is 42.7 Å². The summed E-state index contributed by atoms with van der Waals surface area (Å²) in [6.07, 6.45) is 2.90. The fourth-order valence-corrected chi connectivity index (χ4v) is 5.47. The molecule has 2 aromatic heterocycles. The lowest BCUT2D eigenvalue weighted by Crippen LogP contribution is -2.61. The average Bonchev–Trinajstić information content (AvgIpc) is 3.21. The Hall–Kier alpha value is -3.42. The first kappa shape index (κ1) is 26.2. The number of hydrogen-bond acceptors (Lipinski definition) is 7. The van der Waals surface area contributed by atoms with Crippen LogP contribution >= 0.6 is 11.6 Å². The Bertz CT molecular complexity index is 1400. The first-order chi connectivity index (χ1) is 18.4. The molecule has 2 saturated heterocycles. The van der Waals surface area contributed by atoms with Crippen LogP contribution in [0.2, 0.25) is 5.02 Å². The number of rotatable bonds is 6. The van der Waals surface area contributed by atoms with Crippen LogP contribution in [0, 0.1) is 17.8 Å². The number of carbonyl (C=O) groups is 1. The predicted molar refractivity (Wildman–Crippen MR) is 147 cm³/mol. The predicted octanol–water partition coefficient (Wildman–Crippen LogP) is 2.41. The third-order valence-corrected chi connectivity index (χ3v) is 7.58. The summed E-state index contributed by atoms with van der Waals surface area (Å²) in [5.74, 6) is 7.29. The molecule has 0 saturated carbocycles. The number of nitrogen functional groups attached to an aromatic ring is 1. The van der Waals surface area contributed by atoms with Gasteiger partial charge in [0.1, 0.15) is 23.5 Å². The Balaban J connectivity index is 1.42. The van der Waals surface area contributed by atoms with Gasteiger partial charge in [-0.2, -0.15) is 0 Å². The van der Waals surface area contributed by atoms with Crippen LogP contribution in [0.4, 0.5) is 5.82 Å². The van der Waals surface area contributed by atoms with Crippen LogP contribution in [0.25, 0.3) is 22.2 Å². The molecule has 5 rings (SSSR count). The highest BCUT2D eigenvalue weighted by atomic mass is 35.5. The highest BCUT2D eigenvalue weighted by Crippen LogP contribution is 2.37. The number of halogens is 1. The molecular formula is C28H31ClN6O3. The number of aliphatic hydroxyl groups excluding tert-OH is 1. The third-order valence-electron chi connectivity index (χ3n) is 7.33. The van der Waals surface area contributed by atoms with Gasteiger partial charge in [0.2, 0.25) is 5.91 Å². The molecule has 0 spiro atoms. The maximum absolute atomic E-state index is 11.9. The molecule has 0 radical (unpaired) electrons. The lowest BCUT2D eigenvalue weighted by Gasteiger charge is -2.47. The van der Waals surface area contributed by atoms with Gasteiger partial charge in [0, 0.05) is 62.4 Å². The zero-order valence-corrected chi connectivity index (χ0v) is 22.1. The van der Waals surface area contributed by atoms with Crippen molar-refractivity contribution in [2.75, 3.05) is 45.6 Å². The van der Waals surface area contributed by atoms with E-state index in [2.05, 4.69) is 33.3 Å². The summed E-state index contributed by atoms with van der Waals surface area (Å²) < 4.78 is 7.41. The summed E-state index contributed by atoms with van der Waals surface area (Å²) in [6, 6.07) is 7.61. The van der Waals surface area contributed by atoms with Gasteiger partial charge in [-0.15, -0.1) is 0 Å². The summed E-state index contributed by atoms with van der Waals surface area (Å²) in [6.45, 7) is 7.07. The van der Waals surface area contributed by atoms with Crippen LogP contribution in [-0.4, -0.2) is 87.4 Å². The Kier molecular flexibility index (Phi) is 7.68. The number of hydrogen-bond donors (Lipinski definition) is 2. The molecule has 1 amide bonds. The molecule has 9 nitrogen and oxygen atoms in total. The van der Waals surface area contributed by atoms with E-state index in [1.807, 2.05) is 28.8 Å². The maximum atomic E-state index is 11.9. The van der Waals surface area contributed by atoms with E-state index in [1.165, 1.54) is 12.4 Å². The number of likely N-dealkylation sites (tertiary alicyclic amines) is 2. The fourth-order valence-electron chi connectivity index (χ4n) is 5.34. The van der Waals surface area contributed by atoms with E-state index in [9.17, 15) is 9.90 Å². The standard InChI is InChI=1S/C28H31ClN6O3/c1-3-24(37)33-11-10-21(23(36)16-33)34-14-18(15-34)4-9-22-25(19-5-7-20(29)8-6-19)26-27(30)31-17-32-28(26)35(22)12-13-38-2/h3,5-8,17-18,21,23,36H,1,10-16H2,2H3,(H2,30,31,32)/t21-,23+/m1/s1. The highest BCUT2D eigenvalue weighted by molar-refractivity contribution is 6.30. The van der Waals surface area contributed by atoms with Gasteiger partial charge >= 0.3 is 0 Å². The van der Waals surface area contributed by atoms with Crippen LogP contribution < -0.4 is 5.73 Å². The number of piperidine rings is 1. The van der Waals surface area contributed by atoms with Gasteiger partial charge in [0.05, 0.1) is 18.1 Å². The summed E-state index contributed by atoms with van der Waals surface area (Å²) in [5.41, 5.74) is 9.68. The first-order valence-electron chi connectivity index (χ1n) is 12.6. The molecule has 0 aliphatic carbocycles. The zero-order valence-electron chi connectivity index (χ0n) is 21.3. The van der Waals surface area contributed by atoms with Gasteiger partial charge in [0.15, 0.2) is 0 Å². The number of fused-ring (bicyclic) bond motifs is 1. The molecule has 2 fully saturated rings. The highest BCUT2D eigenvalue weighted by Gasteiger charge is 2.38. The Morgan fingerprint density at radius 1 is 1.29 bits per heavy atom. The van der Waals surface area contributed by atoms with E-state index in [-0.39, 0.29) is 17.9 Å². The van der Waals surface area contributed by atoms with Gasteiger partial charge < -0.3 is 25.0 Å². The lowest BCUT2D eigenvalue weighted by atomic mass is 9.91. The molecule has 0 unspecified atom stereocenters. The quantitative estimate of drug-likeness (QED) is 0.369. The topological polar surface area (TPSA) is 110 Å². The van der Waals surface area contributed by atoms with Crippen LogP contribution in [0.15, 0.2) is 43.2 Å². The third kappa shape index (κ3) is 5.00. The van der Waals surface area contributed by atoms with Crippen molar-refractivity contribution < 1.29 is 14.6 Å². The van der Waals surface area contributed by atoms with Gasteiger partial charge in [-0.05, 0) is 36.1 Å². The normalized spacial score (nSPS) is 20.1. The lowest BCUT2D eigenvalue weighted by molar-refractivity contribution is -0.132.